The fourth-order valence-electron chi connectivity index (χ4n) is 2.01. The highest BCUT2D eigenvalue weighted by Crippen LogP contribution is 2.44. The largest absolute Gasteiger partial charge is 0.434 e. The Bertz CT molecular complexity index is 805. The van der Waals surface area contributed by atoms with Crippen LogP contribution in [0.4, 0.5) is 23.2 Å². The molecule has 0 saturated carbocycles. The van der Waals surface area contributed by atoms with Gasteiger partial charge < -0.3 is 11.1 Å². The molecule has 3 N–H and O–H groups in total. The number of halogens is 6. The van der Waals surface area contributed by atoms with Crippen molar-refractivity contribution in [2.45, 2.75) is 19.1 Å². The van der Waals surface area contributed by atoms with E-state index in [9.17, 15) is 22.4 Å². The molecule has 0 aliphatic carbocycles. The molecular weight excluding hydrogens is 385 g/mol. The Morgan fingerprint density at radius 2 is 1.92 bits per heavy atom. The number of nitrogens with zero attached hydrogens (tertiary/aromatic N) is 1. The van der Waals surface area contributed by atoms with Crippen molar-refractivity contribution in [2.24, 2.45) is 5.73 Å². The summed E-state index contributed by atoms with van der Waals surface area (Å²) in [6.07, 6.45) is -4.15. The van der Waals surface area contributed by atoms with Crippen LogP contribution in [0.2, 0.25) is 10.0 Å². The smallest absolute Gasteiger partial charge is 0.323 e. The molecule has 0 fully saturated rings. The maximum atomic E-state index is 14.2. The minimum absolute atomic E-state index is 0.183. The lowest BCUT2D eigenvalue weighted by atomic mass is 10.0. The van der Waals surface area contributed by atoms with Gasteiger partial charge in [-0.25, -0.2) is 9.37 Å². The van der Waals surface area contributed by atoms with Gasteiger partial charge in [-0.05, 0) is 19.1 Å². The SMILES string of the molecule is C[C@H](N)C(=O)Nc1cnc(C(F)(F)F)c(Cl)c1-c1c(F)cccc1Cl. The molecule has 134 valence electrons. The van der Waals surface area contributed by atoms with E-state index < -0.39 is 40.2 Å². The molecule has 4 nitrogen and oxygen atoms in total. The first-order valence-corrected chi connectivity index (χ1v) is 7.56. The van der Waals surface area contributed by atoms with E-state index in [1.165, 1.54) is 19.1 Å². The summed E-state index contributed by atoms with van der Waals surface area (Å²) in [4.78, 5) is 15.0. The van der Waals surface area contributed by atoms with Crippen molar-refractivity contribution in [3.8, 4) is 11.1 Å². The number of amides is 1. The molecule has 2 rings (SSSR count). The number of anilines is 1. The van der Waals surface area contributed by atoms with Crippen molar-refractivity contribution >= 4 is 34.8 Å². The van der Waals surface area contributed by atoms with Crippen molar-refractivity contribution in [2.75, 3.05) is 5.32 Å². The van der Waals surface area contributed by atoms with E-state index >= 15 is 0 Å². The lowest BCUT2D eigenvalue weighted by Gasteiger charge is -2.18. The van der Waals surface area contributed by atoms with Gasteiger partial charge in [0.2, 0.25) is 5.91 Å². The van der Waals surface area contributed by atoms with E-state index in [-0.39, 0.29) is 16.3 Å². The average Bonchev–Trinajstić information content (AvgIpc) is 2.48. The lowest BCUT2D eigenvalue weighted by Crippen LogP contribution is -2.32. The normalized spacial score (nSPS) is 12.8. The van der Waals surface area contributed by atoms with Crippen LogP contribution in [0.3, 0.4) is 0 Å². The maximum Gasteiger partial charge on any atom is 0.434 e. The van der Waals surface area contributed by atoms with Gasteiger partial charge in [-0.3, -0.25) is 4.79 Å². The summed E-state index contributed by atoms with van der Waals surface area (Å²) in [5.41, 5.74) is 2.94. The molecule has 1 heterocycles. The van der Waals surface area contributed by atoms with E-state index in [0.29, 0.717) is 0 Å². The standard InChI is InChI=1S/C15H11Cl2F4N3O/c1-6(22)14(25)24-9-5-23-13(15(19,20)21)12(17)11(9)10-7(16)3-2-4-8(10)18/h2-6H,22H2,1H3,(H,24,25)/t6-/m0/s1. The summed E-state index contributed by atoms with van der Waals surface area (Å²) in [6, 6.07) is 2.59. The molecule has 0 aliphatic heterocycles. The minimum Gasteiger partial charge on any atom is -0.323 e. The highest BCUT2D eigenvalue weighted by molar-refractivity contribution is 6.37. The number of hydrogen-bond acceptors (Lipinski definition) is 3. The molecule has 1 amide bonds. The van der Waals surface area contributed by atoms with Crippen LogP contribution in [0.1, 0.15) is 12.6 Å². The van der Waals surface area contributed by atoms with Crippen molar-refractivity contribution in [3.63, 3.8) is 0 Å². The molecule has 1 aromatic heterocycles. The Morgan fingerprint density at radius 3 is 2.44 bits per heavy atom. The number of alkyl halides is 3. The third kappa shape index (κ3) is 4.02. The zero-order chi connectivity index (χ0) is 18.9. The molecule has 1 atom stereocenters. The van der Waals surface area contributed by atoms with Crippen molar-refractivity contribution in [3.05, 3.63) is 46.0 Å². The van der Waals surface area contributed by atoms with Gasteiger partial charge in [0.05, 0.1) is 28.0 Å². The van der Waals surface area contributed by atoms with Gasteiger partial charge in [0.15, 0.2) is 5.69 Å². The second-order valence-electron chi connectivity index (χ2n) is 5.08. The first kappa shape index (κ1) is 19.4. The molecule has 0 radical (unpaired) electrons. The van der Waals surface area contributed by atoms with E-state index in [2.05, 4.69) is 10.3 Å². The lowest BCUT2D eigenvalue weighted by molar-refractivity contribution is -0.141. The average molecular weight is 396 g/mol. The monoisotopic (exact) mass is 395 g/mol. The van der Waals surface area contributed by atoms with Crippen LogP contribution in [-0.2, 0) is 11.0 Å². The number of nitrogens with one attached hydrogen (secondary N) is 1. The summed E-state index contributed by atoms with van der Waals surface area (Å²) >= 11 is 11.8. The van der Waals surface area contributed by atoms with Crippen molar-refractivity contribution in [1.82, 2.24) is 4.98 Å². The van der Waals surface area contributed by atoms with E-state index in [0.717, 1.165) is 12.3 Å². The number of hydrogen-bond donors (Lipinski definition) is 2. The number of rotatable bonds is 3. The number of benzene rings is 1. The first-order chi connectivity index (χ1) is 11.5. The maximum absolute atomic E-state index is 14.2. The highest BCUT2D eigenvalue weighted by Gasteiger charge is 2.37. The van der Waals surface area contributed by atoms with Crippen LogP contribution in [0.5, 0.6) is 0 Å². The number of pyridine rings is 1. The molecule has 0 unspecified atom stereocenters. The molecule has 10 heteroatoms. The Hall–Kier alpha value is -1.90. The van der Waals surface area contributed by atoms with Crippen molar-refractivity contribution < 1.29 is 22.4 Å². The molecular formula is C15H11Cl2F4N3O. The second-order valence-corrected chi connectivity index (χ2v) is 5.87. The summed E-state index contributed by atoms with van der Waals surface area (Å²) in [7, 11) is 0. The molecule has 0 saturated heterocycles. The van der Waals surface area contributed by atoms with Gasteiger partial charge in [-0.1, -0.05) is 29.3 Å². The first-order valence-electron chi connectivity index (χ1n) is 6.80. The fourth-order valence-corrected chi connectivity index (χ4v) is 2.62. The Morgan fingerprint density at radius 1 is 1.28 bits per heavy atom. The van der Waals surface area contributed by atoms with E-state index in [4.69, 9.17) is 28.9 Å². The number of nitrogens with two attached hydrogens (primary N) is 1. The van der Waals surface area contributed by atoms with Crippen LogP contribution in [0, 0.1) is 5.82 Å². The topological polar surface area (TPSA) is 68.0 Å². The van der Waals surface area contributed by atoms with Crippen LogP contribution in [0.25, 0.3) is 11.1 Å². The summed E-state index contributed by atoms with van der Waals surface area (Å²) in [5, 5.41) is 1.21. The minimum atomic E-state index is -4.88. The van der Waals surface area contributed by atoms with Crippen LogP contribution < -0.4 is 11.1 Å². The van der Waals surface area contributed by atoms with Crippen LogP contribution >= 0.6 is 23.2 Å². The molecule has 2 aromatic rings. The van der Waals surface area contributed by atoms with E-state index in [1.807, 2.05) is 0 Å². The van der Waals surface area contributed by atoms with Gasteiger partial charge in [-0.15, -0.1) is 0 Å². The Balaban J connectivity index is 2.78. The highest BCUT2D eigenvalue weighted by atomic mass is 35.5. The molecule has 25 heavy (non-hydrogen) atoms. The third-order valence-electron chi connectivity index (χ3n) is 3.17. The number of carbonyl (C=O) groups is 1. The van der Waals surface area contributed by atoms with Crippen molar-refractivity contribution in [1.29, 1.82) is 0 Å². The van der Waals surface area contributed by atoms with Gasteiger partial charge in [-0.2, -0.15) is 13.2 Å². The van der Waals surface area contributed by atoms with Gasteiger partial charge in [0.1, 0.15) is 5.82 Å². The van der Waals surface area contributed by atoms with Crippen LogP contribution in [0.15, 0.2) is 24.4 Å². The van der Waals surface area contributed by atoms with Crippen LogP contribution in [-0.4, -0.2) is 16.9 Å². The molecule has 0 aliphatic rings. The molecule has 1 aromatic carbocycles. The number of carbonyl (C=O) groups excluding carboxylic acids is 1. The zero-order valence-corrected chi connectivity index (χ0v) is 14.1. The number of aromatic nitrogens is 1. The zero-order valence-electron chi connectivity index (χ0n) is 12.6. The Labute approximate surface area is 149 Å². The summed E-state index contributed by atoms with van der Waals surface area (Å²) in [5.74, 6) is -1.63. The Kier molecular flexibility index (Phi) is 5.55. The van der Waals surface area contributed by atoms with Gasteiger partial charge >= 0.3 is 6.18 Å². The third-order valence-corrected chi connectivity index (χ3v) is 3.86. The predicted octanol–water partition coefficient (Wildman–Crippen LogP) is 4.50. The van der Waals surface area contributed by atoms with E-state index in [1.54, 1.807) is 0 Å². The summed E-state index contributed by atoms with van der Waals surface area (Å²) in [6.45, 7) is 1.37. The van der Waals surface area contributed by atoms with Gasteiger partial charge in [0.25, 0.3) is 0 Å². The predicted molar refractivity (Wildman–Crippen MR) is 86.9 cm³/mol. The van der Waals surface area contributed by atoms with Gasteiger partial charge in [0, 0.05) is 11.1 Å². The fraction of sp³-hybridized carbons (Fsp3) is 0.200. The molecule has 0 spiro atoms. The molecule has 0 bridgehead atoms. The summed E-state index contributed by atoms with van der Waals surface area (Å²) < 4.78 is 53.5. The quantitative estimate of drug-likeness (QED) is 0.751. The second kappa shape index (κ2) is 7.15.